The number of phenolic OH excluding ortho intramolecular Hbond substituents is 1. The Bertz CT molecular complexity index is 1550. The molecule has 218 valence electrons. The normalized spacial score (nSPS) is 20.1. The molecule has 2 atom stereocenters. The van der Waals surface area contributed by atoms with Gasteiger partial charge in [0, 0.05) is 5.56 Å². The summed E-state index contributed by atoms with van der Waals surface area (Å²) in [4.78, 5) is 5.86. The predicted octanol–water partition coefficient (Wildman–Crippen LogP) is 10.5. The van der Waals surface area contributed by atoms with Crippen LogP contribution in [-0.4, -0.2) is 16.7 Å². The number of hydrogen-bond donors (Lipinski definition) is 1. The SMILES string of the molecule is Cc1cc(C(C)(C)C)c(O)c(C2(c3ccccc3)CCP(c3ccccc3)C2=Nc2c(C(C)C)cccc2C(C)C)c1. The van der Waals surface area contributed by atoms with Crippen molar-refractivity contribution in [2.45, 2.75) is 84.5 Å². The fourth-order valence-corrected chi connectivity index (χ4v) is 9.42. The van der Waals surface area contributed by atoms with E-state index >= 15 is 0 Å². The van der Waals surface area contributed by atoms with E-state index in [4.69, 9.17) is 4.99 Å². The van der Waals surface area contributed by atoms with Crippen LogP contribution in [-0.2, 0) is 10.8 Å². The number of aryl methyl sites for hydroxylation is 1. The van der Waals surface area contributed by atoms with Gasteiger partial charge >= 0.3 is 0 Å². The van der Waals surface area contributed by atoms with Gasteiger partial charge in [-0.3, -0.25) is 4.99 Å². The van der Waals surface area contributed by atoms with Gasteiger partial charge in [0.1, 0.15) is 5.75 Å². The topological polar surface area (TPSA) is 32.6 Å². The highest BCUT2D eigenvalue weighted by molar-refractivity contribution is 7.82. The zero-order chi connectivity index (χ0) is 30.2. The standard InChI is InChI=1S/C39H46NOP/c1-26(2)31-20-15-21-32(27(3)4)35(31)40-37-39(29-16-11-9-12-17-29,22-23-42(37)30-18-13-10-14-19-30)34-25-28(5)24-33(36(34)41)38(6,7)8/h9-21,24-27,41H,22-23H2,1-8H3. The monoisotopic (exact) mass is 575 g/mol. The number of benzene rings is 4. The second-order valence-corrected chi connectivity index (χ2v) is 15.7. The summed E-state index contributed by atoms with van der Waals surface area (Å²) in [5.41, 5.74) is 8.51. The summed E-state index contributed by atoms with van der Waals surface area (Å²) in [7, 11) is -0.747. The molecule has 4 aromatic carbocycles. The number of para-hydroxylation sites is 1. The fourth-order valence-electron chi connectivity index (χ4n) is 6.57. The smallest absolute Gasteiger partial charge is 0.123 e. The second-order valence-electron chi connectivity index (χ2n) is 13.5. The summed E-state index contributed by atoms with van der Waals surface area (Å²) in [6.07, 6.45) is 1.92. The van der Waals surface area contributed by atoms with Crippen LogP contribution in [0.4, 0.5) is 5.69 Å². The molecular formula is C39H46NOP. The maximum atomic E-state index is 12.2. The predicted molar refractivity (Wildman–Crippen MR) is 183 cm³/mol. The van der Waals surface area contributed by atoms with Gasteiger partial charge in [0.2, 0.25) is 0 Å². The first-order valence-electron chi connectivity index (χ1n) is 15.4. The van der Waals surface area contributed by atoms with E-state index in [0.29, 0.717) is 17.6 Å². The number of nitrogens with zero attached hydrogens (tertiary/aromatic N) is 1. The van der Waals surface area contributed by atoms with Crippen LogP contribution in [0.1, 0.15) is 100 Å². The van der Waals surface area contributed by atoms with Crippen LogP contribution in [0.25, 0.3) is 0 Å². The van der Waals surface area contributed by atoms with Gasteiger partial charge < -0.3 is 5.11 Å². The van der Waals surface area contributed by atoms with Crippen molar-refractivity contribution >= 4 is 24.4 Å². The molecule has 1 heterocycles. The molecule has 0 bridgehead atoms. The van der Waals surface area contributed by atoms with Crippen LogP contribution in [0.15, 0.2) is 96.0 Å². The lowest BCUT2D eigenvalue weighted by molar-refractivity contribution is 0.432. The van der Waals surface area contributed by atoms with Crippen molar-refractivity contribution in [3.63, 3.8) is 0 Å². The van der Waals surface area contributed by atoms with E-state index in [0.717, 1.165) is 29.4 Å². The first-order valence-corrected chi connectivity index (χ1v) is 16.9. The van der Waals surface area contributed by atoms with Crippen molar-refractivity contribution in [1.29, 1.82) is 0 Å². The second kappa shape index (κ2) is 11.8. The molecule has 1 fully saturated rings. The number of aliphatic imine (C=N–C) groups is 1. The molecule has 1 aliphatic rings. The van der Waals surface area contributed by atoms with E-state index in [2.05, 4.69) is 146 Å². The lowest BCUT2D eigenvalue weighted by Crippen LogP contribution is -2.34. The van der Waals surface area contributed by atoms with Gasteiger partial charge in [-0.1, -0.05) is 145 Å². The van der Waals surface area contributed by atoms with Gasteiger partial charge in [-0.15, -0.1) is 0 Å². The summed E-state index contributed by atoms with van der Waals surface area (Å²) in [5, 5.41) is 13.6. The molecule has 1 aliphatic heterocycles. The minimum absolute atomic E-state index is 0.197. The van der Waals surface area contributed by atoms with E-state index < -0.39 is 13.3 Å². The number of rotatable bonds is 6. The zero-order valence-electron chi connectivity index (χ0n) is 26.6. The van der Waals surface area contributed by atoms with Crippen LogP contribution >= 0.6 is 7.92 Å². The summed E-state index contributed by atoms with van der Waals surface area (Å²) in [5.74, 6) is 1.10. The minimum atomic E-state index is -0.747. The Labute approximate surface area is 254 Å². The van der Waals surface area contributed by atoms with Gasteiger partial charge in [0.25, 0.3) is 0 Å². The average Bonchev–Trinajstić information content (AvgIpc) is 3.34. The molecule has 0 amide bonds. The van der Waals surface area contributed by atoms with Gasteiger partial charge in [0.15, 0.2) is 0 Å². The minimum Gasteiger partial charge on any atom is -0.507 e. The Balaban J connectivity index is 1.94. The van der Waals surface area contributed by atoms with Crippen molar-refractivity contribution in [3.8, 4) is 5.75 Å². The lowest BCUT2D eigenvalue weighted by atomic mass is 9.70. The maximum absolute atomic E-state index is 12.2. The van der Waals surface area contributed by atoms with Crippen LogP contribution < -0.4 is 5.30 Å². The first-order chi connectivity index (χ1) is 19.9. The number of aromatic hydroxyl groups is 1. The molecule has 0 aliphatic carbocycles. The Morgan fingerprint density at radius 3 is 1.90 bits per heavy atom. The third kappa shape index (κ3) is 5.47. The van der Waals surface area contributed by atoms with Gasteiger partial charge in [-0.2, -0.15) is 0 Å². The highest BCUT2D eigenvalue weighted by Crippen LogP contribution is 2.61. The van der Waals surface area contributed by atoms with Gasteiger partial charge in [0.05, 0.1) is 16.6 Å². The lowest BCUT2D eigenvalue weighted by Gasteiger charge is -2.35. The zero-order valence-corrected chi connectivity index (χ0v) is 27.5. The highest BCUT2D eigenvalue weighted by Gasteiger charge is 2.50. The summed E-state index contributed by atoms with van der Waals surface area (Å²) in [6, 6.07) is 32.9. The van der Waals surface area contributed by atoms with Crippen LogP contribution in [0.5, 0.6) is 5.75 Å². The Kier molecular flexibility index (Phi) is 8.51. The highest BCUT2D eigenvalue weighted by atomic mass is 31.1. The number of phenols is 1. The molecule has 5 rings (SSSR count). The summed E-state index contributed by atoms with van der Waals surface area (Å²) in [6.45, 7) is 17.8. The molecule has 0 spiro atoms. The van der Waals surface area contributed by atoms with Crippen LogP contribution in [0.3, 0.4) is 0 Å². The molecule has 42 heavy (non-hydrogen) atoms. The Morgan fingerprint density at radius 1 is 0.786 bits per heavy atom. The maximum Gasteiger partial charge on any atom is 0.123 e. The molecule has 1 N–H and O–H groups in total. The van der Waals surface area contributed by atoms with Crippen molar-refractivity contribution < 1.29 is 5.11 Å². The molecule has 0 aromatic heterocycles. The van der Waals surface area contributed by atoms with Gasteiger partial charge in [-0.25, -0.2) is 0 Å². The number of hydrogen-bond acceptors (Lipinski definition) is 2. The van der Waals surface area contributed by atoms with E-state index in [1.165, 1.54) is 33.0 Å². The fraction of sp³-hybridized carbons (Fsp3) is 0.359. The third-order valence-corrected chi connectivity index (χ3v) is 11.3. The summed E-state index contributed by atoms with van der Waals surface area (Å²) < 4.78 is 0. The molecule has 0 radical (unpaired) electrons. The molecule has 3 heteroatoms. The Morgan fingerprint density at radius 2 is 1.36 bits per heavy atom. The quantitative estimate of drug-likeness (QED) is 0.228. The first kappa shape index (κ1) is 30.2. The molecular weight excluding hydrogens is 529 g/mol. The molecule has 0 saturated carbocycles. The van der Waals surface area contributed by atoms with Gasteiger partial charge in [-0.05, 0) is 72.2 Å². The molecule has 4 aromatic rings. The van der Waals surface area contributed by atoms with E-state index in [-0.39, 0.29) is 5.41 Å². The average molecular weight is 576 g/mol. The van der Waals surface area contributed by atoms with Crippen molar-refractivity contribution in [1.82, 2.24) is 0 Å². The van der Waals surface area contributed by atoms with E-state index in [1.54, 1.807) is 0 Å². The van der Waals surface area contributed by atoms with E-state index in [9.17, 15) is 5.11 Å². The van der Waals surface area contributed by atoms with E-state index in [1.807, 2.05) is 0 Å². The van der Waals surface area contributed by atoms with Crippen LogP contribution in [0, 0.1) is 6.92 Å². The molecule has 2 nitrogen and oxygen atoms in total. The summed E-state index contributed by atoms with van der Waals surface area (Å²) >= 11 is 0. The molecule has 2 unspecified atom stereocenters. The van der Waals surface area contributed by atoms with Crippen LogP contribution in [0.2, 0.25) is 0 Å². The van der Waals surface area contributed by atoms with Crippen molar-refractivity contribution in [2.75, 3.05) is 6.16 Å². The van der Waals surface area contributed by atoms with Crippen molar-refractivity contribution in [2.24, 2.45) is 4.99 Å². The van der Waals surface area contributed by atoms with Crippen molar-refractivity contribution in [3.05, 3.63) is 124 Å². The largest absolute Gasteiger partial charge is 0.507 e. The Hall–Kier alpha value is -3.22. The third-order valence-electron chi connectivity index (χ3n) is 8.76. The molecule has 1 saturated heterocycles.